The molecule has 4 nitrogen and oxygen atoms in total. The van der Waals surface area contributed by atoms with Gasteiger partial charge in [0.25, 0.3) is 0 Å². The van der Waals surface area contributed by atoms with Gasteiger partial charge in [-0.15, -0.1) is 12.4 Å². The Morgan fingerprint density at radius 2 is 2.36 bits per heavy atom. The third-order valence-corrected chi connectivity index (χ3v) is 3.67. The van der Waals surface area contributed by atoms with Gasteiger partial charge in [-0.25, -0.2) is 0 Å². The molecule has 84 valence electrons. The van der Waals surface area contributed by atoms with Crippen molar-refractivity contribution in [3.8, 4) is 0 Å². The minimum absolute atomic E-state index is 0. The first-order chi connectivity index (χ1) is 6.13. The fourth-order valence-electron chi connectivity index (χ4n) is 1.27. The summed E-state index contributed by atoms with van der Waals surface area (Å²) in [5, 5.41) is 2.80. The molecule has 0 spiro atoms. The lowest BCUT2D eigenvalue weighted by atomic mass is 10.2. The Hall–Kier alpha value is -0.130. The lowest BCUT2D eigenvalue weighted by Gasteiger charge is -2.14. The average Bonchev–Trinajstić information content (AvgIpc) is 2.49. The van der Waals surface area contributed by atoms with Crippen molar-refractivity contribution >= 4 is 29.1 Å². The second kappa shape index (κ2) is 6.37. The maximum absolute atomic E-state index is 11.3. The molecule has 1 aliphatic rings. The molecule has 0 radical (unpaired) electrons. The second-order valence-electron chi connectivity index (χ2n) is 3.32. The molecule has 3 atom stereocenters. The summed E-state index contributed by atoms with van der Waals surface area (Å²) >= 11 is 0. The van der Waals surface area contributed by atoms with Crippen molar-refractivity contribution in [2.45, 2.75) is 31.8 Å². The van der Waals surface area contributed by atoms with E-state index >= 15 is 0 Å². The van der Waals surface area contributed by atoms with Gasteiger partial charge >= 0.3 is 0 Å². The van der Waals surface area contributed by atoms with Crippen molar-refractivity contribution in [1.29, 1.82) is 0 Å². The van der Waals surface area contributed by atoms with Crippen LogP contribution in [0.25, 0.3) is 0 Å². The monoisotopic (exact) mass is 240 g/mol. The van der Waals surface area contributed by atoms with Crippen LogP contribution in [-0.4, -0.2) is 33.7 Å². The topological polar surface area (TPSA) is 72.2 Å². The zero-order valence-corrected chi connectivity index (χ0v) is 9.83. The van der Waals surface area contributed by atoms with Crippen LogP contribution in [0.3, 0.4) is 0 Å². The molecular formula is C8H17ClN2O2S. The van der Waals surface area contributed by atoms with Crippen LogP contribution in [0.4, 0.5) is 0 Å². The van der Waals surface area contributed by atoms with Gasteiger partial charge in [-0.2, -0.15) is 0 Å². The molecule has 0 aromatic carbocycles. The van der Waals surface area contributed by atoms with Gasteiger partial charge in [-0.3, -0.25) is 9.00 Å². The lowest BCUT2D eigenvalue weighted by molar-refractivity contribution is -0.122. The SMILES string of the molecule is CC[C@H](N)C(=O)NC1CCS(=O)C1.Cl. The molecule has 1 heterocycles. The van der Waals surface area contributed by atoms with Crippen molar-refractivity contribution in [3.63, 3.8) is 0 Å². The van der Waals surface area contributed by atoms with Gasteiger partial charge in [0.1, 0.15) is 0 Å². The van der Waals surface area contributed by atoms with Crippen molar-refractivity contribution < 1.29 is 9.00 Å². The number of hydrogen-bond acceptors (Lipinski definition) is 3. The molecule has 0 saturated carbocycles. The predicted octanol–water partition coefficient (Wildman–Crippen LogP) is -0.217. The highest BCUT2D eigenvalue weighted by Crippen LogP contribution is 2.07. The number of hydrogen-bond donors (Lipinski definition) is 2. The van der Waals surface area contributed by atoms with E-state index in [-0.39, 0.29) is 24.4 Å². The van der Waals surface area contributed by atoms with E-state index in [1.54, 1.807) is 0 Å². The molecule has 0 aromatic rings. The third-order valence-electron chi connectivity index (χ3n) is 2.20. The first kappa shape index (κ1) is 13.9. The average molecular weight is 241 g/mol. The van der Waals surface area contributed by atoms with E-state index in [0.29, 0.717) is 17.9 Å². The Kier molecular flexibility index (Phi) is 6.31. The number of nitrogens with two attached hydrogens (primary N) is 1. The number of rotatable bonds is 3. The minimum atomic E-state index is -0.740. The van der Waals surface area contributed by atoms with Crippen LogP contribution in [0.2, 0.25) is 0 Å². The van der Waals surface area contributed by atoms with Crippen LogP contribution < -0.4 is 11.1 Å². The molecular weight excluding hydrogens is 224 g/mol. The van der Waals surface area contributed by atoms with E-state index in [9.17, 15) is 9.00 Å². The summed E-state index contributed by atoms with van der Waals surface area (Å²) in [4.78, 5) is 11.3. The lowest BCUT2D eigenvalue weighted by Crippen LogP contribution is -2.45. The minimum Gasteiger partial charge on any atom is -0.351 e. The fraction of sp³-hybridized carbons (Fsp3) is 0.875. The van der Waals surface area contributed by atoms with E-state index in [0.717, 1.165) is 6.42 Å². The quantitative estimate of drug-likeness (QED) is 0.717. The van der Waals surface area contributed by atoms with Crippen molar-refractivity contribution in [1.82, 2.24) is 5.32 Å². The highest BCUT2D eigenvalue weighted by Gasteiger charge is 2.23. The molecule has 2 unspecified atom stereocenters. The maximum atomic E-state index is 11.3. The molecule has 3 N–H and O–H groups in total. The Labute approximate surface area is 92.9 Å². The second-order valence-corrected chi connectivity index (χ2v) is 4.94. The number of halogens is 1. The van der Waals surface area contributed by atoms with Gasteiger partial charge in [0.2, 0.25) is 5.91 Å². The molecule has 1 amide bonds. The summed E-state index contributed by atoms with van der Waals surface area (Å²) in [6, 6.07) is -0.347. The smallest absolute Gasteiger partial charge is 0.237 e. The Morgan fingerprint density at radius 3 is 2.79 bits per heavy atom. The van der Waals surface area contributed by atoms with Gasteiger partial charge in [-0.05, 0) is 12.8 Å². The number of nitrogens with one attached hydrogen (secondary N) is 1. The van der Waals surface area contributed by atoms with Crippen LogP contribution >= 0.6 is 12.4 Å². The fourth-order valence-corrected chi connectivity index (χ4v) is 2.69. The molecule has 14 heavy (non-hydrogen) atoms. The molecule has 0 aromatic heterocycles. The number of carbonyl (C=O) groups excluding carboxylic acids is 1. The molecule has 1 rings (SSSR count). The van der Waals surface area contributed by atoms with Crippen molar-refractivity contribution in [2.24, 2.45) is 5.73 Å². The standard InChI is InChI=1S/C8H16N2O2S.ClH/c1-2-7(9)8(11)10-6-3-4-13(12)5-6;/h6-7H,2-5,9H2,1H3,(H,10,11);1H/t6?,7-,13?;/m0./s1. The Balaban J connectivity index is 0.00000169. The van der Waals surface area contributed by atoms with Gasteiger partial charge in [0.15, 0.2) is 0 Å². The molecule has 0 aliphatic carbocycles. The largest absolute Gasteiger partial charge is 0.351 e. The van der Waals surface area contributed by atoms with Crippen LogP contribution in [0.5, 0.6) is 0 Å². The van der Waals surface area contributed by atoms with E-state index < -0.39 is 16.8 Å². The Morgan fingerprint density at radius 1 is 1.71 bits per heavy atom. The summed E-state index contributed by atoms with van der Waals surface area (Å²) in [7, 11) is -0.740. The normalized spacial score (nSPS) is 27.9. The molecule has 6 heteroatoms. The van der Waals surface area contributed by atoms with E-state index in [1.807, 2.05) is 6.92 Å². The first-order valence-electron chi connectivity index (χ1n) is 4.54. The zero-order valence-electron chi connectivity index (χ0n) is 8.19. The highest BCUT2D eigenvalue weighted by molar-refractivity contribution is 7.85. The highest BCUT2D eigenvalue weighted by atomic mass is 35.5. The van der Waals surface area contributed by atoms with Gasteiger partial charge in [0.05, 0.1) is 6.04 Å². The van der Waals surface area contributed by atoms with Crippen LogP contribution in [0.1, 0.15) is 19.8 Å². The van der Waals surface area contributed by atoms with Crippen LogP contribution in [0.15, 0.2) is 0 Å². The zero-order chi connectivity index (χ0) is 9.84. The third kappa shape index (κ3) is 3.94. The molecule has 1 saturated heterocycles. The summed E-state index contributed by atoms with van der Waals surface area (Å²) in [6.07, 6.45) is 1.45. The van der Waals surface area contributed by atoms with Crippen molar-refractivity contribution in [3.05, 3.63) is 0 Å². The molecule has 1 fully saturated rings. The van der Waals surface area contributed by atoms with Crippen molar-refractivity contribution in [2.75, 3.05) is 11.5 Å². The first-order valence-corrected chi connectivity index (χ1v) is 6.03. The Bertz CT molecular complexity index is 225. The summed E-state index contributed by atoms with van der Waals surface area (Å²) in [5.74, 6) is 1.17. The predicted molar refractivity (Wildman–Crippen MR) is 59.9 cm³/mol. The van der Waals surface area contributed by atoms with Crippen LogP contribution in [-0.2, 0) is 15.6 Å². The number of amides is 1. The van der Waals surface area contributed by atoms with E-state index in [2.05, 4.69) is 5.32 Å². The van der Waals surface area contributed by atoms with E-state index in [1.165, 1.54) is 0 Å². The number of carbonyl (C=O) groups is 1. The molecule has 1 aliphatic heterocycles. The summed E-state index contributed by atoms with van der Waals surface area (Å²) in [5.41, 5.74) is 5.54. The van der Waals surface area contributed by atoms with Gasteiger partial charge in [-0.1, -0.05) is 6.92 Å². The van der Waals surface area contributed by atoms with E-state index in [4.69, 9.17) is 5.73 Å². The van der Waals surface area contributed by atoms with Crippen LogP contribution in [0, 0.1) is 0 Å². The molecule has 0 bridgehead atoms. The van der Waals surface area contributed by atoms with Gasteiger partial charge in [0, 0.05) is 28.3 Å². The van der Waals surface area contributed by atoms with Gasteiger partial charge < -0.3 is 11.1 Å². The maximum Gasteiger partial charge on any atom is 0.237 e. The summed E-state index contributed by atoms with van der Waals surface area (Å²) < 4.78 is 11.0. The summed E-state index contributed by atoms with van der Waals surface area (Å²) in [6.45, 7) is 1.87.